The number of nitrogen functional groups attached to an aromatic ring is 1. The number of nitrogens with zero attached hydrogens (tertiary/aromatic N) is 1. The Kier molecular flexibility index (Phi) is 2.56. The minimum atomic E-state index is 0.546. The second-order valence-corrected chi connectivity index (χ2v) is 3.20. The van der Waals surface area contributed by atoms with Crippen molar-refractivity contribution in [1.82, 2.24) is 0 Å². The fraction of sp³-hybridized carbons (Fsp3) is 0.125. The van der Waals surface area contributed by atoms with Crippen LogP contribution in [0.2, 0.25) is 0 Å². The summed E-state index contributed by atoms with van der Waals surface area (Å²) in [7, 11) is 1.74. The van der Waals surface area contributed by atoms with Crippen LogP contribution in [0, 0.1) is 11.3 Å². The maximum Gasteiger partial charge on any atom is 0.101 e. The van der Waals surface area contributed by atoms with Crippen molar-refractivity contribution >= 4 is 27.3 Å². The van der Waals surface area contributed by atoms with Crippen LogP contribution in [-0.4, -0.2) is 7.05 Å². The first-order valence-electron chi connectivity index (χ1n) is 3.36. The molecular weight excluding hydrogens is 218 g/mol. The second kappa shape index (κ2) is 3.46. The highest BCUT2D eigenvalue weighted by atomic mass is 79.9. The molecule has 0 spiro atoms. The summed E-state index contributed by atoms with van der Waals surface area (Å²) in [5.74, 6) is 0. The van der Waals surface area contributed by atoms with Gasteiger partial charge in [0.1, 0.15) is 6.07 Å². The molecule has 0 aliphatic heterocycles. The zero-order chi connectivity index (χ0) is 9.14. The monoisotopic (exact) mass is 225 g/mol. The Morgan fingerprint density at radius 1 is 1.58 bits per heavy atom. The Hall–Kier alpha value is -1.21. The molecule has 0 heterocycles. The summed E-state index contributed by atoms with van der Waals surface area (Å²) in [6.45, 7) is 0. The van der Waals surface area contributed by atoms with E-state index < -0.39 is 0 Å². The van der Waals surface area contributed by atoms with E-state index in [1.54, 1.807) is 19.2 Å². The highest BCUT2D eigenvalue weighted by Crippen LogP contribution is 2.27. The van der Waals surface area contributed by atoms with Gasteiger partial charge >= 0.3 is 0 Å². The zero-order valence-corrected chi connectivity index (χ0v) is 8.14. The van der Waals surface area contributed by atoms with Crippen molar-refractivity contribution in [2.45, 2.75) is 0 Å². The Labute approximate surface area is 79.3 Å². The first-order valence-corrected chi connectivity index (χ1v) is 4.15. The van der Waals surface area contributed by atoms with Crippen LogP contribution in [-0.2, 0) is 0 Å². The molecule has 0 unspecified atom stereocenters. The summed E-state index contributed by atoms with van der Waals surface area (Å²) in [6.07, 6.45) is 0. The van der Waals surface area contributed by atoms with Gasteiger partial charge in [-0.25, -0.2) is 0 Å². The van der Waals surface area contributed by atoms with Crippen molar-refractivity contribution in [2.75, 3.05) is 18.1 Å². The molecule has 0 amide bonds. The topological polar surface area (TPSA) is 61.8 Å². The highest BCUT2D eigenvalue weighted by Gasteiger charge is 2.04. The molecule has 0 aliphatic carbocycles. The van der Waals surface area contributed by atoms with Gasteiger partial charge in [-0.3, -0.25) is 0 Å². The summed E-state index contributed by atoms with van der Waals surface area (Å²) >= 11 is 3.26. The molecule has 3 nitrogen and oxygen atoms in total. The Morgan fingerprint density at radius 2 is 2.25 bits per heavy atom. The largest absolute Gasteiger partial charge is 0.397 e. The predicted octanol–water partition coefficient (Wildman–Crippen LogP) is 1.94. The van der Waals surface area contributed by atoms with Gasteiger partial charge in [-0.05, 0) is 12.1 Å². The van der Waals surface area contributed by atoms with Gasteiger partial charge in [0.25, 0.3) is 0 Å². The number of hydrogen-bond acceptors (Lipinski definition) is 3. The zero-order valence-electron chi connectivity index (χ0n) is 6.56. The average molecular weight is 226 g/mol. The van der Waals surface area contributed by atoms with E-state index in [0.717, 1.165) is 4.47 Å². The minimum absolute atomic E-state index is 0.546. The van der Waals surface area contributed by atoms with E-state index in [1.807, 2.05) is 0 Å². The highest BCUT2D eigenvalue weighted by molar-refractivity contribution is 9.10. The molecule has 1 aromatic carbocycles. The number of nitrogens with two attached hydrogens (primary N) is 1. The van der Waals surface area contributed by atoms with Crippen molar-refractivity contribution in [3.8, 4) is 6.07 Å². The molecule has 3 N–H and O–H groups in total. The van der Waals surface area contributed by atoms with E-state index in [0.29, 0.717) is 16.9 Å². The standard InChI is InChI=1S/C8H8BrN3/c1-12-8-5(4-10)2-6(9)3-7(8)11/h2-3,12H,11H2,1H3. The Balaban J connectivity index is 3.36. The molecule has 12 heavy (non-hydrogen) atoms. The molecule has 0 saturated heterocycles. The first kappa shape index (κ1) is 8.88. The van der Waals surface area contributed by atoms with Gasteiger partial charge in [0.15, 0.2) is 0 Å². The number of nitriles is 1. The van der Waals surface area contributed by atoms with Crippen LogP contribution in [0.5, 0.6) is 0 Å². The van der Waals surface area contributed by atoms with Crippen LogP contribution in [0.1, 0.15) is 5.56 Å². The Bertz CT molecular complexity index is 341. The molecule has 0 atom stereocenters. The average Bonchev–Trinajstić information content (AvgIpc) is 2.03. The molecule has 4 heteroatoms. The molecule has 0 aliphatic rings. The summed E-state index contributed by atoms with van der Waals surface area (Å²) in [4.78, 5) is 0. The lowest BCUT2D eigenvalue weighted by Gasteiger charge is -2.06. The van der Waals surface area contributed by atoms with E-state index in [1.165, 1.54) is 0 Å². The quantitative estimate of drug-likeness (QED) is 0.719. The summed E-state index contributed by atoms with van der Waals surface area (Å²) in [5, 5.41) is 11.6. The smallest absolute Gasteiger partial charge is 0.101 e. The van der Waals surface area contributed by atoms with Gasteiger partial charge < -0.3 is 11.1 Å². The van der Waals surface area contributed by atoms with Crippen molar-refractivity contribution in [3.05, 3.63) is 22.2 Å². The molecule has 0 fully saturated rings. The number of hydrogen-bond donors (Lipinski definition) is 2. The minimum Gasteiger partial charge on any atom is -0.397 e. The molecule has 1 rings (SSSR count). The van der Waals surface area contributed by atoms with Crippen LogP contribution in [0.3, 0.4) is 0 Å². The molecule has 62 valence electrons. The maximum atomic E-state index is 8.73. The van der Waals surface area contributed by atoms with E-state index >= 15 is 0 Å². The second-order valence-electron chi connectivity index (χ2n) is 2.28. The van der Waals surface area contributed by atoms with Crippen molar-refractivity contribution < 1.29 is 0 Å². The van der Waals surface area contributed by atoms with Crippen molar-refractivity contribution in [3.63, 3.8) is 0 Å². The number of benzene rings is 1. The van der Waals surface area contributed by atoms with Gasteiger partial charge in [0.05, 0.1) is 16.9 Å². The first-order chi connectivity index (χ1) is 5.69. The Morgan fingerprint density at radius 3 is 2.75 bits per heavy atom. The normalized spacial score (nSPS) is 9.08. The van der Waals surface area contributed by atoms with Gasteiger partial charge in [-0.15, -0.1) is 0 Å². The predicted molar refractivity (Wildman–Crippen MR) is 52.8 cm³/mol. The summed E-state index contributed by atoms with van der Waals surface area (Å²) in [6, 6.07) is 5.54. The molecule has 0 radical (unpaired) electrons. The molecule has 0 saturated carbocycles. The summed E-state index contributed by atoms with van der Waals surface area (Å²) in [5.41, 5.74) is 7.46. The van der Waals surface area contributed by atoms with Crippen LogP contribution >= 0.6 is 15.9 Å². The summed E-state index contributed by atoms with van der Waals surface area (Å²) < 4.78 is 0.815. The fourth-order valence-electron chi connectivity index (χ4n) is 0.995. The third-order valence-corrected chi connectivity index (χ3v) is 1.96. The third kappa shape index (κ3) is 1.51. The van der Waals surface area contributed by atoms with Gasteiger partial charge in [0.2, 0.25) is 0 Å². The number of halogens is 1. The third-order valence-electron chi connectivity index (χ3n) is 1.50. The van der Waals surface area contributed by atoms with Crippen LogP contribution in [0.4, 0.5) is 11.4 Å². The molecule has 0 bridgehead atoms. The van der Waals surface area contributed by atoms with E-state index in [2.05, 4.69) is 27.3 Å². The molecule has 0 aromatic heterocycles. The lowest BCUT2D eigenvalue weighted by Crippen LogP contribution is -1.98. The van der Waals surface area contributed by atoms with Crippen molar-refractivity contribution in [2.24, 2.45) is 0 Å². The SMILES string of the molecule is CNc1c(N)cc(Br)cc1C#N. The number of rotatable bonds is 1. The number of nitrogens with one attached hydrogen (secondary N) is 1. The van der Waals surface area contributed by atoms with Crippen LogP contribution in [0.25, 0.3) is 0 Å². The molecular formula is C8H8BrN3. The van der Waals surface area contributed by atoms with Crippen molar-refractivity contribution in [1.29, 1.82) is 5.26 Å². The van der Waals surface area contributed by atoms with Gasteiger partial charge in [-0.2, -0.15) is 5.26 Å². The lowest BCUT2D eigenvalue weighted by atomic mass is 10.1. The van der Waals surface area contributed by atoms with E-state index in [4.69, 9.17) is 11.0 Å². The van der Waals surface area contributed by atoms with Crippen LogP contribution in [0.15, 0.2) is 16.6 Å². The number of anilines is 2. The molecule has 1 aromatic rings. The van der Waals surface area contributed by atoms with Crippen LogP contribution < -0.4 is 11.1 Å². The van der Waals surface area contributed by atoms with Gasteiger partial charge in [-0.1, -0.05) is 15.9 Å². The fourth-order valence-corrected chi connectivity index (χ4v) is 1.47. The van der Waals surface area contributed by atoms with E-state index in [-0.39, 0.29) is 0 Å². The van der Waals surface area contributed by atoms with E-state index in [9.17, 15) is 0 Å². The van der Waals surface area contributed by atoms with Gasteiger partial charge in [0, 0.05) is 11.5 Å². The maximum absolute atomic E-state index is 8.73. The lowest BCUT2D eigenvalue weighted by molar-refractivity contribution is 1.43.